The average Bonchev–Trinajstić information content (AvgIpc) is 2.39. The van der Waals surface area contributed by atoms with Crippen molar-refractivity contribution in [1.82, 2.24) is 0 Å². The standard InChI is InChI=1S/C13H9F4NO3S/c14-9-2-1-3-12(8-9)22(19,20)18-10-4-6-11(7-5-10)21-13(15,16)17/h1-8,18H. The molecule has 0 aliphatic rings. The number of sulfonamides is 1. The van der Waals surface area contributed by atoms with E-state index in [1.165, 1.54) is 12.1 Å². The predicted molar refractivity (Wildman–Crippen MR) is 70.3 cm³/mol. The number of benzene rings is 2. The maximum absolute atomic E-state index is 13.0. The molecule has 0 saturated carbocycles. The summed E-state index contributed by atoms with van der Waals surface area (Å²) in [4.78, 5) is -0.303. The Morgan fingerprint density at radius 3 is 2.18 bits per heavy atom. The molecular formula is C13H9F4NO3S. The van der Waals surface area contributed by atoms with Crippen LogP contribution in [0, 0.1) is 5.82 Å². The third-order valence-corrected chi connectivity index (χ3v) is 3.83. The van der Waals surface area contributed by atoms with Crippen LogP contribution in [0.2, 0.25) is 0 Å². The SMILES string of the molecule is O=S(=O)(Nc1ccc(OC(F)(F)F)cc1)c1cccc(F)c1. The van der Waals surface area contributed by atoms with E-state index in [1.807, 2.05) is 0 Å². The van der Waals surface area contributed by atoms with Crippen LogP contribution in [0.5, 0.6) is 5.75 Å². The van der Waals surface area contributed by atoms with Crippen LogP contribution >= 0.6 is 0 Å². The summed E-state index contributed by atoms with van der Waals surface area (Å²) >= 11 is 0. The summed E-state index contributed by atoms with van der Waals surface area (Å²) in [6.07, 6.45) is -4.83. The summed E-state index contributed by atoms with van der Waals surface area (Å²) in [6, 6.07) is 8.42. The minimum absolute atomic E-state index is 0.0128. The Morgan fingerprint density at radius 1 is 1.00 bits per heavy atom. The highest BCUT2D eigenvalue weighted by molar-refractivity contribution is 7.92. The van der Waals surface area contributed by atoms with Gasteiger partial charge in [-0.3, -0.25) is 4.72 Å². The Balaban J connectivity index is 2.17. The van der Waals surface area contributed by atoms with Gasteiger partial charge in [0.15, 0.2) is 0 Å². The zero-order valence-electron chi connectivity index (χ0n) is 10.8. The molecule has 0 aliphatic heterocycles. The Kier molecular flexibility index (Phi) is 4.27. The average molecular weight is 335 g/mol. The van der Waals surface area contributed by atoms with Crippen molar-refractivity contribution in [3.05, 3.63) is 54.3 Å². The molecule has 0 spiro atoms. The second kappa shape index (κ2) is 5.84. The van der Waals surface area contributed by atoms with Crippen LogP contribution in [0.25, 0.3) is 0 Å². The van der Waals surface area contributed by atoms with Crippen molar-refractivity contribution in [2.75, 3.05) is 4.72 Å². The van der Waals surface area contributed by atoms with E-state index >= 15 is 0 Å². The highest BCUT2D eigenvalue weighted by Gasteiger charge is 2.31. The van der Waals surface area contributed by atoms with Gasteiger partial charge in [-0.1, -0.05) is 6.07 Å². The van der Waals surface area contributed by atoms with E-state index in [9.17, 15) is 26.0 Å². The van der Waals surface area contributed by atoms with Crippen molar-refractivity contribution in [3.63, 3.8) is 0 Å². The van der Waals surface area contributed by atoms with Crippen LogP contribution in [-0.4, -0.2) is 14.8 Å². The lowest BCUT2D eigenvalue weighted by molar-refractivity contribution is -0.274. The number of anilines is 1. The van der Waals surface area contributed by atoms with E-state index in [2.05, 4.69) is 9.46 Å². The quantitative estimate of drug-likeness (QED) is 0.870. The molecule has 4 nitrogen and oxygen atoms in total. The molecule has 2 aromatic rings. The minimum atomic E-state index is -4.83. The summed E-state index contributed by atoms with van der Waals surface area (Å²) in [5.74, 6) is -1.21. The maximum atomic E-state index is 13.0. The van der Waals surface area contributed by atoms with Crippen LogP contribution in [0.15, 0.2) is 53.4 Å². The zero-order valence-corrected chi connectivity index (χ0v) is 11.6. The van der Waals surface area contributed by atoms with Crippen molar-refractivity contribution in [2.45, 2.75) is 11.3 Å². The molecule has 0 bridgehead atoms. The largest absolute Gasteiger partial charge is 0.573 e. The minimum Gasteiger partial charge on any atom is -0.406 e. The second-order valence-electron chi connectivity index (χ2n) is 4.14. The molecule has 1 N–H and O–H groups in total. The van der Waals surface area contributed by atoms with Crippen molar-refractivity contribution in [3.8, 4) is 5.75 Å². The molecule has 0 atom stereocenters. The van der Waals surface area contributed by atoms with E-state index < -0.39 is 28.0 Å². The Labute approximate surface area is 123 Å². The first-order chi connectivity index (χ1) is 10.2. The fourth-order valence-corrected chi connectivity index (χ4v) is 2.66. The first kappa shape index (κ1) is 16.1. The number of hydrogen-bond donors (Lipinski definition) is 1. The molecule has 2 aromatic carbocycles. The lowest BCUT2D eigenvalue weighted by Crippen LogP contribution is -2.17. The smallest absolute Gasteiger partial charge is 0.406 e. The van der Waals surface area contributed by atoms with Crippen molar-refractivity contribution in [2.24, 2.45) is 0 Å². The Hall–Kier alpha value is -2.29. The fraction of sp³-hybridized carbons (Fsp3) is 0.0769. The van der Waals surface area contributed by atoms with Gasteiger partial charge in [0.2, 0.25) is 0 Å². The third kappa shape index (κ3) is 4.35. The van der Waals surface area contributed by atoms with Crippen molar-refractivity contribution < 1.29 is 30.7 Å². The zero-order chi connectivity index (χ0) is 16.4. The first-order valence-electron chi connectivity index (χ1n) is 5.80. The lowest BCUT2D eigenvalue weighted by Gasteiger charge is -2.11. The van der Waals surface area contributed by atoms with Gasteiger partial charge < -0.3 is 4.74 Å². The highest BCUT2D eigenvalue weighted by Crippen LogP contribution is 2.25. The van der Waals surface area contributed by atoms with Crippen molar-refractivity contribution >= 4 is 15.7 Å². The van der Waals surface area contributed by atoms with Gasteiger partial charge in [0.05, 0.1) is 4.90 Å². The summed E-state index contributed by atoms with van der Waals surface area (Å²) in [5, 5.41) is 0. The van der Waals surface area contributed by atoms with E-state index in [0.717, 1.165) is 36.4 Å². The van der Waals surface area contributed by atoms with Crippen molar-refractivity contribution in [1.29, 1.82) is 0 Å². The van der Waals surface area contributed by atoms with Crippen LogP contribution in [0.1, 0.15) is 0 Å². The van der Waals surface area contributed by atoms with E-state index in [0.29, 0.717) is 0 Å². The van der Waals surface area contributed by atoms with E-state index in [1.54, 1.807) is 0 Å². The van der Waals surface area contributed by atoms with Gasteiger partial charge in [0.1, 0.15) is 11.6 Å². The van der Waals surface area contributed by atoms with Gasteiger partial charge in [-0.05, 0) is 42.5 Å². The first-order valence-corrected chi connectivity index (χ1v) is 7.28. The van der Waals surface area contributed by atoms with Crippen LogP contribution in [0.4, 0.5) is 23.2 Å². The summed E-state index contributed by atoms with van der Waals surface area (Å²) in [7, 11) is -4.04. The highest BCUT2D eigenvalue weighted by atomic mass is 32.2. The second-order valence-corrected chi connectivity index (χ2v) is 5.82. The summed E-state index contributed by atoms with van der Waals surface area (Å²) in [6.45, 7) is 0. The third-order valence-electron chi connectivity index (χ3n) is 2.45. The number of alkyl halides is 3. The van der Waals surface area contributed by atoms with Gasteiger partial charge in [0.25, 0.3) is 10.0 Å². The molecular weight excluding hydrogens is 326 g/mol. The molecule has 2 rings (SSSR count). The molecule has 0 amide bonds. The topological polar surface area (TPSA) is 55.4 Å². The van der Waals surface area contributed by atoms with E-state index in [4.69, 9.17) is 0 Å². The maximum Gasteiger partial charge on any atom is 0.573 e. The fourth-order valence-electron chi connectivity index (χ4n) is 1.57. The van der Waals surface area contributed by atoms with Gasteiger partial charge in [0, 0.05) is 5.69 Å². The number of ether oxygens (including phenoxy) is 1. The molecule has 0 heterocycles. The molecule has 0 saturated heterocycles. The normalized spacial score (nSPS) is 12.0. The lowest BCUT2D eigenvalue weighted by atomic mass is 10.3. The number of hydrogen-bond acceptors (Lipinski definition) is 3. The Morgan fingerprint density at radius 2 is 1.64 bits per heavy atom. The summed E-state index contributed by atoms with van der Waals surface area (Å²) < 4.78 is 78.8. The van der Waals surface area contributed by atoms with Gasteiger partial charge >= 0.3 is 6.36 Å². The van der Waals surface area contributed by atoms with Crippen LogP contribution in [-0.2, 0) is 10.0 Å². The van der Waals surface area contributed by atoms with Gasteiger partial charge in [-0.15, -0.1) is 13.2 Å². The van der Waals surface area contributed by atoms with Gasteiger partial charge in [-0.2, -0.15) is 0 Å². The number of halogens is 4. The molecule has 118 valence electrons. The molecule has 0 fully saturated rings. The van der Waals surface area contributed by atoms with Gasteiger partial charge in [-0.25, -0.2) is 12.8 Å². The number of nitrogens with one attached hydrogen (secondary N) is 1. The molecule has 0 aliphatic carbocycles. The Bertz CT molecular complexity index is 758. The predicted octanol–water partition coefficient (Wildman–Crippen LogP) is 3.53. The van der Waals surface area contributed by atoms with Crippen LogP contribution < -0.4 is 9.46 Å². The molecule has 0 radical (unpaired) electrons. The molecule has 0 unspecified atom stereocenters. The van der Waals surface area contributed by atoms with Crippen LogP contribution in [0.3, 0.4) is 0 Å². The monoisotopic (exact) mass is 335 g/mol. The number of rotatable bonds is 4. The summed E-state index contributed by atoms with van der Waals surface area (Å²) in [5.41, 5.74) is 0.0128. The molecule has 0 aromatic heterocycles. The molecule has 9 heteroatoms. The molecule has 22 heavy (non-hydrogen) atoms. The van der Waals surface area contributed by atoms with E-state index in [-0.39, 0.29) is 10.6 Å².